The molecule has 10 nitrogen and oxygen atoms in total. The molecular formula is C35H26Cl2F5N3O7. The highest BCUT2D eigenvalue weighted by molar-refractivity contribution is 6.58. The van der Waals surface area contributed by atoms with Crippen molar-refractivity contribution in [2.45, 2.75) is 35.1 Å². The highest BCUT2D eigenvalue weighted by atomic mass is 35.5. The third-order valence-corrected chi connectivity index (χ3v) is 12.2. The van der Waals surface area contributed by atoms with E-state index in [1.807, 2.05) is 0 Å². The number of furan rings is 1. The van der Waals surface area contributed by atoms with E-state index in [0.717, 1.165) is 10.6 Å². The highest BCUT2D eigenvalue weighted by Gasteiger charge is 2.77. The van der Waals surface area contributed by atoms with E-state index >= 15 is 8.78 Å². The molecule has 1 aromatic heterocycles. The molecule has 0 bridgehead atoms. The molecule has 17 heteroatoms. The van der Waals surface area contributed by atoms with Crippen molar-refractivity contribution in [1.82, 2.24) is 0 Å². The molecule has 3 aliphatic heterocycles. The molecule has 3 aromatic rings. The van der Waals surface area contributed by atoms with Gasteiger partial charge in [-0.1, -0.05) is 11.6 Å². The van der Waals surface area contributed by atoms with Crippen molar-refractivity contribution in [1.29, 1.82) is 0 Å². The SMILES string of the molecule is O=C1C2CC=C3C(CC4(Cl)C(=O)N(c5c(F)c(F)c(F)c(F)c5F)C(=O)C4(Cl)C3c3ccc(CO)o3)C2C(=O)N1c1ccc(N2CCOCC2)cc1. The minimum atomic E-state index is -2.72. The van der Waals surface area contributed by atoms with Crippen molar-refractivity contribution in [3.8, 4) is 0 Å². The first kappa shape index (κ1) is 34.8. The Morgan fingerprint density at radius 3 is 2.00 bits per heavy atom. The van der Waals surface area contributed by atoms with Gasteiger partial charge in [-0.25, -0.2) is 26.9 Å². The van der Waals surface area contributed by atoms with Crippen molar-refractivity contribution in [3.05, 3.63) is 88.7 Å². The van der Waals surface area contributed by atoms with Gasteiger partial charge >= 0.3 is 0 Å². The van der Waals surface area contributed by atoms with Crippen LogP contribution >= 0.6 is 23.2 Å². The number of morpholine rings is 1. The summed E-state index contributed by atoms with van der Waals surface area (Å²) in [7, 11) is 0. The van der Waals surface area contributed by atoms with Gasteiger partial charge in [0.1, 0.15) is 23.8 Å². The summed E-state index contributed by atoms with van der Waals surface area (Å²) in [6.45, 7) is 1.79. The third-order valence-electron chi connectivity index (χ3n) is 10.8. The molecule has 272 valence electrons. The Kier molecular flexibility index (Phi) is 8.10. The van der Waals surface area contributed by atoms with E-state index < -0.39 is 105 Å². The molecule has 4 amide bonds. The molecule has 8 rings (SSSR count). The normalized spacial score (nSPS) is 30.2. The van der Waals surface area contributed by atoms with E-state index in [1.54, 1.807) is 30.3 Å². The summed E-state index contributed by atoms with van der Waals surface area (Å²) in [5.41, 5.74) is -0.499. The second-order valence-electron chi connectivity index (χ2n) is 13.3. The van der Waals surface area contributed by atoms with Crippen LogP contribution in [0.15, 0.2) is 52.5 Å². The van der Waals surface area contributed by atoms with Crippen LogP contribution in [0, 0.1) is 46.8 Å². The molecule has 5 aliphatic rings. The summed E-state index contributed by atoms with van der Waals surface area (Å²) in [4.78, 5) is 54.3. The summed E-state index contributed by atoms with van der Waals surface area (Å²) < 4.78 is 84.4. The number of allylic oxidation sites excluding steroid dienone is 2. The number of carbonyl (C=O) groups is 4. The Bertz CT molecular complexity index is 2080. The number of anilines is 3. The van der Waals surface area contributed by atoms with E-state index in [-0.39, 0.29) is 34.1 Å². The maximum Gasteiger partial charge on any atom is 0.258 e. The lowest BCUT2D eigenvalue weighted by atomic mass is 9.57. The number of hydrogen-bond donors (Lipinski definition) is 1. The highest BCUT2D eigenvalue weighted by Crippen LogP contribution is 2.66. The fourth-order valence-electron chi connectivity index (χ4n) is 8.40. The number of ether oxygens (including phenoxy) is 1. The first-order valence-electron chi connectivity index (χ1n) is 16.2. The maximum atomic E-state index is 15.2. The third kappa shape index (κ3) is 4.55. The fourth-order valence-corrected chi connectivity index (χ4v) is 9.32. The fraction of sp³-hybridized carbons (Fsp3) is 0.371. The van der Waals surface area contributed by atoms with Gasteiger partial charge in [0, 0.05) is 18.8 Å². The molecule has 0 radical (unpaired) electrons. The molecule has 2 aromatic carbocycles. The van der Waals surface area contributed by atoms with Gasteiger partial charge in [-0.15, -0.1) is 23.2 Å². The molecule has 0 spiro atoms. The van der Waals surface area contributed by atoms with Crippen molar-refractivity contribution < 1.29 is 55.4 Å². The summed E-state index contributed by atoms with van der Waals surface area (Å²) in [6, 6.07) is 9.44. The topological polar surface area (TPSA) is 121 Å². The van der Waals surface area contributed by atoms with Crippen molar-refractivity contribution >= 4 is 63.9 Å². The number of aliphatic hydroxyl groups is 1. The van der Waals surface area contributed by atoms with Crippen molar-refractivity contribution in [3.63, 3.8) is 0 Å². The minimum absolute atomic E-state index is 0.0148. The predicted molar refractivity (Wildman–Crippen MR) is 173 cm³/mol. The van der Waals surface area contributed by atoms with E-state index in [2.05, 4.69) is 4.90 Å². The average molecular weight is 767 g/mol. The number of amides is 4. The van der Waals surface area contributed by atoms with Crippen LogP contribution in [0.3, 0.4) is 0 Å². The quantitative estimate of drug-likeness (QED) is 0.0956. The smallest absolute Gasteiger partial charge is 0.258 e. The van der Waals surface area contributed by atoms with Gasteiger partial charge in [0.2, 0.25) is 17.6 Å². The Morgan fingerprint density at radius 1 is 0.769 bits per heavy atom. The molecule has 6 atom stereocenters. The van der Waals surface area contributed by atoms with Crippen LogP contribution in [0.25, 0.3) is 0 Å². The van der Waals surface area contributed by atoms with Crippen LogP contribution in [0.5, 0.6) is 0 Å². The van der Waals surface area contributed by atoms with Crippen LogP contribution in [0.1, 0.15) is 30.3 Å². The minimum Gasteiger partial charge on any atom is -0.463 e. The Balaban J connectivity index is 1.23. The molecule has 52 heavy (non-hydrogen) atoms. The molecule has 4 heterocycles. The first-order valence-corrected chi connectivity index (χ1v) is 17.0. The molecule has 3 saturated heterocycles. The van der Waals surface area contributed by atoms with Gasteiger partial charge in [-0.3, -0.25) is 24.1 Å². The largest absolute Gasteiger partial charge is 0.463 e. The lowest BCUT2D eigenvalue weighted by Gasteiger charge is -2.49. The number of halogens is 7. The predicted octanol–water partition coefficient (Wildman–Crippen LogP) is 5.07. The monoisotopic (exact) mass is 765 g/mol. The number of rotatable bonds is 5. The zero-order valence-corrected chi connectivity index (χ0v) is 28.2. The second-order valence-corrected chi connectivity index (χ2v) is 14.5. The van der Waals surface area contributed by atoms with Gasteiger partial charge in [-0.2, -0.15) is 0 Å². The molecule has 1 N–H and O–H groups in total. The maximum absolute atomic E-state index is 15.2. The number of nitrogens with zero attached hydrogens (tertiary/aromatic N) is 3. The second kappa shape index (κ2) is 12.1. The van der Waals surface area contributed by atoms with E-state index in [0.29, 0.717) is 26.3 Å². The standard InChI is InChI=1S/C35H26Cl2F5N3O7/c36-34-13-20-18(6-7-19-22(20)31(48)44(30(19)47)16-3-1-15(2-4-16)43-9-11-51-12-10-43)23(21-8-5-17(14-46)52-21)35(34,37)33(50)45(32(34)49)29-27(41)25(39)24(38)26(40)28(29)42/h1-6,8,19-20,22-23,46H,7,9-14H2. The van der Waals surface area contributed by atoms with E-state index in [4.69, 9.17) is 32.4 Å². The summed E-state index contributed by atoms with van der Waals surface area (Å²) >= 11 is 14.2. The molecule has 6 unspecified atom stereocenters. The number of carbonyl (C=O) groups excluding carboxylic acids is 4. The summed E-state index contributed by atoms with van der Waals surface area (Å²) in [5.74, 6) is -21.6. The van der Waals surface area contributed by atoms with Gasteiger partial charge in [-0.05, 0) is 55.2 Å². The van der Waals surface area contributed by atoms with Crippen LogP contribution < -0.4 is 14.7 Å². The summed E-state index contributed by atoms with van der Waals surface area (Å²) in [5, 5.41) is 9.74. The van der Waals surface area contributed by atoms with E-state index in [1.165, 1.54) is 12.1 Å². The molecular weight excluding hydrogens is 740 g/mol. The van der Waals surface area contributed by atoms with Crippen molar-refractivity contribution in [2.75, 3.05) is 41.0 Å². The lowest BCUT2D eigenvalue weighted by molar-refractivity contribution is -0.125. The van der Waals surface area contributed by atoms with Crippen LogP contribution in [-0.4, -0.2) is 64.8 Å². The van der Waals surface area contributed by atoms with Crippen molar-refractivity contribution in [2.24, 2.45) is 17.8 Å². The van der Waals surface area contributed by atoms with Crippen LogP contribution in [0.2, 0.25) is 0 Å². The Labute approximate surface area is 301 Å². The molecule has 4 fully saturated rings. The number of benzene rings is 2. The number of fused-ring (bicyclic) bond motifs is 4. The number of hydrogen-bond acceptors (Lipinski definition) is 8. The van der Waals surface area contributed by atoms with Crippen LogP contribution in [-0.2, 0) is 30.5 Å². The van der Waals surface area contributed by atoms with Gasteiger partial charge < -0.3 is 19.2 Å². The number of imide groups is 2. The zero-order valence-electron chi connectivity index (χ0n) is 26.7. The van der Waals surface area contributed by atoms with Gasteiger partial charge in [0.25, 0.3) is 11.8 Å². The van der Waals surface area contributed by atoms with Gasteiger partial charge in [0.15, 0.2) is 33.0 Å². The van der Waals surface area contributed by atoms with Crippen LogP contribution in [0.4, 0.5) is 39.0 Å². The molecule has 2 aliphatic carbocycles. The Hall–Kier alpha value is -4.31. The van der Waals surface area contributed by atoms with Gasteiger partial charge in [0.05, 0.1) is 36.7 Å². The number of aliphatic hydroxyl groups excluding tert-OH is 1. The number of alkyl halides is 2. The zero-order chi connectivity index (χ0) is 37.0. The first-order chi connectivity index (χ1) is 24.8. The Morgan fingerprint density at radius 2 is 1.38 bits per heavy atom. The summed E-state index contributed by atoms with van der Waals surface area (Å²) in [6.07, 6.45) is 0.890. The molecule has 1 saturated carbocycles. The lowest BCUT2D eigenvalue weighted by Crippen LogP contribution is -2.60. The van der Waals surface area contributed by atoms with E-state index in [9.17, 15) is 37.5 Å². The average Bonchev–Trinajstić information content (AvgIpc) is 3.77.